The minimum atomic E-state index is -3.25. The first-order chi connectivity index (χ1) is 13.1. The molecule has 2 amide bonds. The normalized spacial score (nSPS) is 18.7. The van der Waals surface area contributed by atoms with Crippen molar-refractivity contribution in [2.45, 2.75) is 37.1 Å². The predicted octanol–water partition coefficient (Wildman–Crippen LogP) is 5.00. The molecule has 1 saturated heterocycles. The first kappa shape index (κ1) is 20.2. The van der Waals surface area contributed by atoms with Gasteiger partial charge in [-0.05, 0) is 11.1 Å². The summed E-state index contributed by atoms with van der Waals surface area (Å²) in [5, 5.41) is 0. The van der Waals surface area contributed by atoms with Crippen LogP contribution in [0.15, 0.2) is 60.7 Å². The van der Waals surface area contributed by atoms with Gasteiger partial charge in [0.25, 0.3) is 0 Å². The molecular weight excluding hydrogens is 380 g/mol. The van der Waals surface area contributed by atoms with E-state index >= 15 is 8.78 Å². The molecular formula is C21H23F2NO3Si. The van der Waals surface area contributed by atoms with E-state index in [1.807, 2.05) is 0 Å². The van der Waals surface area contributed by atoms with Crippen LogP contribution in [0.1, 0.15) is 23.1 Å². The molecule has 7 heteroatoms. The molecule has 0 radical (unpaired) electrons. The fourth-order valence-corrected chi connectivity index (χ4v) is 4.47. The Kier molecular flexibility index (Phi) is 5.39. The van der Waals surface area contributed by atoms with Gasteiger partial charge < -0.3 is 4.74 Å². The van der Waals surface area contributed by atoms with Gasteiger partial charge in [-0.1, -0.05) is 80.3 Å². The fraction of sp³-hybridized carbons (Fsp3) is 0.333. The average molecular weight is 404 g/mol. The predicted molar refractivity (Wildman–Crippen MR) is 105 cm³/mol. The molecule has 28 heavy (non-hydrogen) atoms. The lowest BCUT2D eigenvalue weighted by Gasteiger charge is -2.37. The van der Waals surface area contributed by atoms with Crippen LogP contribution in [0, 0.1) is 0 Å². The van der Waals surface area contributed by atoms with Crippen LogP contribution in [0.5, 0.6) is 0 Å². The van der Waals surface area contributed by atoms with Gasteiger partial charge in [-0.15, -0.1) is 0 Å². The second-order valence-corrected chi connectivity index (χ2v) is 13.1. The molecule has 1 unspecified atom stereocenters. The van der Waals surface area contributed by atoms with Crippen LogP contribution in [-0.2, 0) is 9.53 Å². The van der Waals surface area contributed by atoms with Crippen LogP contribution >= 0.6 is 0 Å². The number of benzene rings is 2. The number of cyclic esters (lactones) is 1. The largest absolute Gasteiger partial charge is 0.446 e. The zero-order chi connectivity index (χ0) is 20.5. The van der Waals surface area contributed by atoms with E-state index < -0.39 is 37.6 Å². The summed E-state index contributed by atoms with van der Waals surface area (Å²) in [5.74, 6) is -2.66. The SMILES string of the molecule is C[Si](C)(C)C(F)(F)C(C(=O)N1C(=O)OC[C@H]1c1ccccc1)c1ccccc1. The number of imide groups is 1. The van der Waals surface area contributed by atoms with Gasteiger partial charge in [0.1, 0.15) is 26.6 Å². The Morgan fingerprint density at radius 1 is 1.07 bits per heavy atom. The Labute approximate surface area is 164 Å². The minimum absolute atomic E-state index is 0.0470. The maximum Gasteiger partial charge on any atom is 0.417 e. The smallest absolute Gasteiger partial charge is 0.417 e. The summed E-state index contributed by atoms with van der Waals surface area (Å²) >= 11 is 0. The molecule has 1 fully saturated rings. The van der Waals surface area contributed by atoms with Crippen LogP contribution in [0.25, 0.3) is 0 Å². The summed E-state index contributed by atoms with van der Waals surface area (Å²) < 4.78 is 36.1. The Morgan fingerprint density at radius 2 is 1.61 bits per heavy atom. The Balaban J connectivity index is 2.07. The van der Waals surface area contributed by atoms with Gasteiger partial charge in [0, 0.05) is 0 Å². The fourth-order valence-electron chi connectivity index (χ4n) is 3.31. The number of carbonyl (C=O) groups excluding carboxylic acids is 2. The van der Waals surface area contributed by atoms with E-state index in [2.05, 4.69) is 0 Å². The molecule has 0 saturated carbocycles. The van der Waals surface area contributed by atoms with Crippen molar-refractivity contribution >= 4 is 20.1 Å². The number of carbonyl (C=O) groups is 2. The third kappa shape index (κ3) is 3.58. The third-order valence-electron chi connectivity index (χ3n) is 5.04. The Hall–Kier alpha value is -2.54. The summed E-state index contributed by atoms with van der Waals surface area (Å²) in [7, 11) is -3.10. The lowest BCUT2D eigenvalue weighted by Crippen LogP contribution is -2.54. The topological polar surface area (TPSA) is 46.6 Å². The highest BCUT2D eigenvalue weighted by Gasteiger charge is 2.57. The quantitative estimate of drug-likeness (QED) is 0.660. The summed E-state index contributed by atoms with van der Waals surface area (Å²) in [4.78, 5) is 26.6. The van der Waals surface area contributed by atoms with Crippen molar-refractivity contribution in [1.29, 1.82) is 0 Å². The van der Waals surface area contributed by atoms with Gasteiger partial charge in [0.15, 0.2) is 0 Å². The van der Waals surface area contributed by atoms with Crippen LogP contribution < -0.4 is 0 Å². The van der Waals surface area contributed by atoms with Gasteiger partial charge in [-0.25, -0.2) is 18.5 Å². The molecule has 148 valence electrons. The first-order valence-corrected chi connectivity index (χ1v) is 12.6. The number of rotatable bonds is 5. The average Bonchev–Trinajstić information content (AvgIpc) is 3.04. The van der Waals surface area contributed by atoms with Crippen LogP contribution in [0.4, 0.5) is 13.6 Å². The number of halogens is 2. The van der Waals surface area contributed by atoms with Crippen molar-refractivity contribution in [3.8, 4) is 0 Å². The van der Waals surface area contributed by atoms with Crippen molar-refractivity contribution < 1.29 is 23.1 Å². The number of ether oxygens (including phenoxy) is 1. The molecule has 3 rings (SSSR count). The van der Waals surface area contributed by atoms with E-state index in [1.165, 1.54) is 31.8 Å². The number of alkyl halides is 2. The van der Waals surface area contributed by atoms with Crippen molar-refractivity contribution in [3.63, 3.8) is 0 Å². The maximum atomic E-state index is 15.5. The van der Waals surface area contributed by atoms with E-state index in [9.17, 15) is 9.59 Å². The van der Waals surface area contributed by atoms with Crippen LogP contribution in [0.2, 0.25) is 19.6 Å². The number of hydrogen-bond donors (Lipinski definition) is 0. The maximum absolute atomic E-state index is 15.5. The molecule has 1 aliphatic rings. The number of amides is 2. The van der Waals surface area contributed by atoms with Gasteiger partial charge in [0.2, 0.25) is 11.5 Å². The molecule has 2 aromatic carbocycles. The van der Waals surface area contributed by atoms with Gasteiger partial charge in [-0.3, -0.25) is 4.79 Å². The van der Waals surface area contributed by atoms with E-state index in [-0.39, 0.29) is 12.2 Å². The minimum Gasteiger partial charge on any atom is -0.446 e. The standard InChI is InChI=1S/C21H23F2NO3Si/c1-28(2,3)21(22,23)18(16-12-8-5-9-13-16)19(25)24-17(14-27-20(24)26)15-10-6-4-7-11-15/h4-13,17-18H,14H2,1-3H3/t17-,18?/m0/s1. The molecule has 0 spiro atoms. The second-order valence-electron chi connectivity index (χ2n) is 7.93. The first-order valence-electron chi connectivity index (χ1n) is 9.12. The Morgan fingerprint density at radius 3 is 2.14 bits per heavy atom. The zero-order valence-corrected chi connectivity index (χ0v) is 17.1. The number of nitrogens with zero attached hydrogens (tertiary/aromatic N) is 1. The van der Waals surface area contributed by atoms with Crippen molar-refractivity contribution in [2.24, 2.45) is 0 Å². The van der Waals surface area contributed by atoms with E-state index in [0.717, 1.165) is 4.90 Å². The second kappa shape index (κ2) is 7.47. The number of hydrogen-bond acceptors (Lipinski definition) is 3. The van der Waals surface area contributed by atoms with E-state index in [4.69, 9.17) is 4.74 Å². The van der Waals surface area contributed by atoms with Crippen LogP contribution in [0.3, 0.4) is 0 Å². The molecule has 0 N–H and O–H groups in total. The molecule has 1 aliphatic heterocycles. The highest BCUT2D eigenvalue weighted by Crippen LogP contribution is 2.43. The van der Waals surface area contributed by atoms with Crippen LogP contribution in [-0.4, -0.2) is 37.1 Å². The van der Waals surface area contributed by atoms with Gasteiger partial charge in [-0.2, -0.15) is 0 Å². The van der Waals surface area contributed by atoms with Crippen molar-refractivity contribution in [3.05, 3.63) is 71.8 Å². The molecule has 0 bridgehead atoms. The van der Waals surface area contributed by atoms with Gasteiger partial charge in [0.05, 0.1) is 0 Å². The molecule has 1 heterocycles. The molecule has 0 aromatic heterocycles. The monoisotopic (exact) mass is 403 g/mol. The van der Waals surface area contributed by atoms with Gasteiger partial charge >= 0.3 is 6.09 Å². The van der Waals surface area contributed by atoms with Crippen molar-refractivity contribution in [1.82, 2.24) is 4.90 Å². The van der Waals surface area contributed by atoms with E-state index in [0.29, 0.717) is 5.56 Å². The third-order valence-corrected chi connectivity index (χ3v) is 7.33. The molecule has 2 aromatic rings. The highest BCUT2D eigenvalue weighted by atomic mass is 28.3. The zero-order valence-electron chi connectivity index (χ0n) is 16.1. The lowest BCUT2D eigenvalue weighted by atomic mass is 9.96. The Bertz CT molecular complexity index is 853. The van der Waals surface area contributed by atoms with E-state index in [1.54, 1.807) is 48.5 Å². The van der Waals surface area contributed by atoms with Crippen molar-refractivity contribution in [2.75, 3.05) is 6.61 Å². The summed E-state index contributed by atoms with van der Waals surface area (Å²) in [6, 6.07) is 16.1. The molecule has 4 nitrogen and oxygen atoms in total. The lowest BCUT2D eigenvalue weighted by molar-refractivity contribution is -0.136. The molecule has 2 atom stereocenters. The molecule has 0 aliphatic carbocycles. The highest BCUT2D eigenvalue weighted by molar-refractivity contribution is 6.78. The summed E-state index contributed by atoms with van der Waals surface area (Å²) in [6.07, 6.45) is -0.883. The summed E-state index contributed by atoms with van der Waals surface area (Å²) in [5.41, 5.74) is -2.38. The summed E-state index contributed by atoms with van der Waals surface area (Å²) in [6.45, 7) is 4.52.